The Balaban J connectivity index is 1.82. The molecular weight excluding hydrogens is 352 g/mol. The van der Waals surface area contributed by atoms with Crippen molar-refractivity contribution < 1.29 is 10.2 Å². The van der Waals surface area contributed by atoms with Crippen molar-refractivity contribution in [2.24, 2.45) is 5.92 Å². The molecule has 1 fully saturated rings. The molecule has 0 saturated heterocycles. The lowest BCUT2D eigenvalue weighted by molar-refractivity contribution is 0.0734. The number of nitrogens with one attached hydrogen (secondary N) is 1. The maximum absolute atomic E-state index is 10.0. The molecule has 26 heavy (non-hydrogen) atoms. The number of rotatable bonds is 5. The third-order valence-electron chi connectivity index (χ3n) is 4.89. The normalized spacial score (nSPS) is 20.8. The highest BCUT2D eigenvalue weighted by atomic mass is 35.5. The van der Waals surface area contributed by atoms with Crippen LogP contribution in [0.4, 0.5) is 5.69 Å². The van der Waals surface area contributed by atoms with E-state index in [9.17, 15) is 10.2 Å². The fraction of sp³-hybridized carbons (Fsp3) is 0.526. The van der Waals surface area contributed by atoms with E-state index in [0.29, 0.717) is 28.5 Å². The molecule has 1 aliphatic carbocycles. The molecule has 0 bridgehead atoms. The van der Waals surface area contributed by atoms with Gasteiger partial charge in [0.15, 0.2) is 0 Å². The molecule has 1 aliphatic rings. The van der Waals surface area contributed by atoms with Gasteiger partial charge in [0.05, 0.1) is 23.8 Å². The number of aliphatic hydroxyl groups excluding tert-OH is 1. The zero-order valence-corrected chi connectivity index (χ0v) is 15.9. The first-order valence-electron chi connectivity index (χ1n) is 8.95. The van der Waals surface area contributed by atoms with Gasteiger partial charge in [0.1, 0.15) is 10.8 Å². The number of hydrogen-bond acceptors (Lipinski definition) is 6. The smallest absolute Gasteiger partial charge is 0.131 e. The van der Waals surface area contributed by atoms with Gasteiger partial charge in [0, 0.05) is 30.1 Å². The molecule has 0 aliphatic heterocycles. The van der Waals surface area contributed by atoms with Gasteiger partial charge in [0.2, 0.25) is 0 Å². The van der Waals surface area contributed by atoms with Crippen LogP contribution in [-0.2, 0) is 5.60 Å². The second-order valence-electron chi connectivity index (χ2n) is 7.44. The third-order valence-corrected chi connectivity index (χ3v) is 5.10. The summed E-state index contributed by atoms with van der Waals surface area (Å²) < 4.78 is 0. The summed E-state index contributed by atoms with van der Waals surface area (Å²) in [6.45, 7) is 3.62. The Labute approximate surface area is 158 Å². The third kappa shape index (κ3) is 4.50. The van der Waals surface area contributed by atoms with Gasteiger partial charge in [0.25, 0.3) is 0 Å². The summed E-state index contributed by atoms with van der Waals surface area (Å²) in [4.78, 5) is 13.0. The fourth-order valence-electron chi connectivity index (χ4n) is 3.25. The van der Waals surface area contributed by atoms with Crippen molar-refractivity contribution in [2.45, 2.75) is 51.2 Å². The molecule has 0 unspecified atom stereocenters. The van der Waals surface area contributed by atoms with Crippen LogP contribution in [0.15, 0.2) is 24.7 Å². The van der Waals surface area contributed by atoms with Crippen LogP contribution in [0, 0.1) is 5.92 Å². The van der Waals surface area contributed by atoms with Gasteiger partial charge in [-0.05, 0) is 51.5 Å². The van der Waals surface area contributed by atoms with E-state index in [1.54, 1.807) is 38.5 Å². The highest BCUT2D eigenvalue weighted by Crippen LogP contribution is 2.32. The van der Waals surface area contributed by atoms with E-state index in [2.05, 4.69) is 20.3 Å². The molecule has 2 aromatic rings. The van der Waals surface area contributed by atoms with Crippen LogP contribution in [0.2, 0.25) is 5.15 Å². The molecule has 0 aromatic carbocycles. The van der Waals surface area contributed by atoms with Gasteiger partial charge in [-0.25, -0.2) is 4.98 Å². The largest absolute Gasteiger partial charge is 0.396 e. The summed E-state index contributed by atoms with van der Waals surface area (Å²) in [5.74, 6) is 0.411. The van der Waals surface area contributed by atoms with Crippen LogP contribution in [0.25, 0.3) is 11.3 Å². The van der Waals surface area contributed by atoms with E-state index in [4.69, 9.17) is 11.6 Å². The summed E-state index contributed by atoms with van der Waals surface area (Å²) in [6.07, 6.45) is 8.97. The van der Waals surface area contributed by atoms with E-state index in [1.165, 1.54) is 0 Å². The first-order valence-corrected chi connectivity index (χ1v) is 9.33. The van der Waals surface area contributed by atoms with Crippen molar-refractivity contribution >= 4 is 17.3 Å². The lowest BCUT2D eigenvalue weighted by Gasteiger charge is -2.29. The average Bonchev–Trinajstić information content (AvgIpc) is 2.62. The molecule has 1 saturated carbocycles. The summed E-state index contributed by atoms with van der Waals surface area (Å²) in [6, 6.07) is 2.14. The van der Waals surface area contributed by atoms with Gasteiger partial charge < -0.3 is 15.5 Å². The number of anilines is 1. The van der Waals surface area contributed by atoms with Crippen LogP contribution in [0.3, 0.4) is 0 Å². The predicted octanol–water partition coefficient (Wildman–Crippen LogP) is 3.38. The molecule has 0 radical (unpaired) electrons. The number of aliphatic hydroxyl groups is 2. The number of nitrogens with zero attached hydrogens (tertiary/aromatic N) is 3. The SMILES string of the molecule is CC(C)(O)c1cnc(-c2cnc(Cl)cc2NC2CCC(CO)CC2)cn1. The second kappa shape index (κ2) is 7.86. The minimum absolute atomic E-state index is 0.266. The molecule has 0 atom stereocenters. The van der Waals surface area contributed by atoms with Crippen molar-refractivity contribution in [2.75, 3.05) is 11.9 Å². The lowest BCUT2D eigenvalue weighted by Crippen LogP contribution is -2.27. The number of pyridine rings is 1. The van der Waals surface area contributed by atoms with E-state index >= 15 is 0 Å². The Bertz CT molecular complexity index is 738. The van der Waals surface area contributed by atoms with Crippen molar-refractivity contribution in [3.63, 3.8) is 0 Å². The summed E-state index contributed by atoms with van der Waals surface area (Å²) >= 11 is 6.10. The zero-order chi connectivity index (χ0) is 18.7. The highest BCUT2D eigenvalue weighted by molar-refractivity contribution is 6.29. The lowest BCUT2D eigenvalue weighted by atomic mass is 9.86. The second-order valence-corrected chi connectivity index (χ2v) is 7.83. The Kier molecular flexibility index (Phi) is 5.75. The summed E-state index contributed by atoms with van der Waals surface area (Å²) in [7, 11) is 0. The van der Waals surface area contributed by atoms with Gasteiger partial charge in [-0.2, -0.15) is 0 Å². The Morgan fingerprint density at radius 2 is 1.85 bits per heavy atom. The van der Waals surface area contributed by atoms with Crippen LogP contribution in [-0.4, -0.2) is 37.8 Å². The molecule has 6 nitrogen and oxygen atoms in total. The summed E-state index contributed by atoms with van der Waals surface area (Å²) in [5, 5.41) is 23.3. The van der Waals surface area contributed by atoms with Crippen LogP contribution in [0.5, 0.6) is 0 Å². The number of aromatic nitrogens is 3. The van der Waals surface area contributed by atoms with Crippen LogP contribution < -0.4 is 5.32 Å². The quantitative estimate of drug-likeness (QED) is 0.693. The van der Waals surface area contributed by atoms with Crippen molar-refractivity contribution in [3.8, 4) is 11.3 Å². The van der Waals surface area contributed by atoms with E-state index < -0.39 is 5.60 Å². The minimum atomic E-state index is -1.03. The fourth-order valence-corrected chi connectivity index (χ4v) is 3.40. The maximum Gasteiger partial charge on any atom is 0.131 e. The monoisotopic (exact) mass is 376 g/mol. The average molecular weight is 377 g/mol. The molecule has 140 valence electrons. The highest BCUT2D eigenvalue weighted by Gasteiger charge is 2.22. The van der Waals surface area contributed by atoms with Crippen LogP contribution in [0.1, 0.15) is 45.2 Å². The molecule has 3 rings (SSSR count). The van der Waals surface area contributed by atoms with Gasteiger partial charge in [-0.1, -0.05) is 11.6 Å². The first kappa shape index (κ1) is 19.0. The topological polar surface area (TPSA) is 91.2 Å². The van der Waals surface area contributed by atoms with Crippen molar-refractivity contribution in [1.29, 1.82) is 0 Å². The Morgan fingerprint density at radius 3 is 2.42 bits per heavy atom. The maximum atomic E-state index is 10.0. The van der Waals surface area contributed by atoms with Crippen molar-refractivity contribution in [3.05, 3.63) is 35.5 Å². The Morgan fingerprint density at radius 1 is 1.12 bits per heavy atom. The molecule has 7 heteroatoms. The molecule has 0 amide bonds. The van der Waals surface area contributed by atoms with Gasteiger partial charge >= 0.3 is 0 Å². The zero-order valence-electron chi connectivity index (χ0n) is 15.1. The minimum Gasteiger partial charge on any atom is -0.396 e. The van der Waals surface area contributed by atoms with Gasteiger partial charge in [-0.3, -0.25) is 9.97 Å². The predicted molar refractivity (Wildman–Crippen MR) is 102 cm³/mol. The van der Waals surface area contributed by atoms with Crippen LogP contribution >= 0.6 is 11.6 Å². The summed E-state index contributed by atoms with van der Waals surface area (Å²) in [5.41, 5.74) is 1.86. The molecule has 3 N–H and O–H groups in total. The number of hydrogen-bond donors (Lipinski definition) is 3. The molecular formula is C19H25ClN4O2. The molecule has 2 heterocycles. The molecule has 0 spiro atoms. The number of halogens is 1. The molecule has 2 aromatic heterocycles. The van der Waals surface area contributed by atoms with Gasteiger partial charge in [-0.15, -0.1) is 0 Å². The van der Waals surface area contributed by atoms with E-state index in [0.717, 1.165) is 36.9 Å². The van der Waals surface area contributed by atoms with Crippen molar-refractivity contribution in [1.82, 2.24) is 15.0 Å². The van der Waals surface area contributed by atoms with E-state index in [1.807, 2.05) is 0 Å². The van der Waals surface area contributed by atoms with E-state index in [-0.39, 0.29) is 6.61 Å². The Hall–Kier alpha value is -1.76. The first-order chi connectivity index (χ1) is 12.4. The standard InChI is InChI=1S/C19H25ClN4O2/c1-19(2,26)17-10-21-16(9-22-17)14-8-23-18(20)7-15(14)24-13-5-3-12(11-25)4-6-13/h7-10,12-13,25-26H,3-6,11H2,1-2H3,(H,23,24).